The van der Waals surface area contributed by atoms with Crippen molar-refractivity contribution in [2.75, 3.05) is 14.2 Å². The first-order valence-electron chi connectivity index (χ1n) is 5.75. The van der Waals surface area contributed by atoms with Crippen LogP contribution in [0.3, 0.4) is 0 Å². The Morgan fingerprint density at radius 1 is 1.33 bits per heavy atom. The van der Waals surface area contributed by atoms with Gasteiger partial charge in [0.25, 0.3) is 0 Å². The standard InChI is InChI=1S/C14H16INO2/c1-16-14(10-4-3-5-11(15)8-10)13-7-6-12(18-13)9-17-2/h3-8,14,16H,9H2,1-2H3. The molecule has 2 rings (SSSR count). The van der Waals surface area contributed by atoms with E-state index in [1.807, 2.05) is 19.2 Å². The zero-order valence-electron chi connectivity index (χ0n) is 10.4. The summed E-state index contributed by atoms with van der Waals surface area (Å²) in [6, 6.07) is 12.4. The normalized spacial score (nSPS) is 12.6. The van der Waals surface area contributed by atoms with Crippen LogP contribution in [-0.2, 0) is 11.3 Å². The Balaban J connectivity index is 2.27. The van der Waals surface area contributed by atoms with E-state index >= 15 is 0 Å². The lowest BCUT2D eigenvalue weighted by atomic mass is 10.1. The summed E-state index contributed by atoms with van der Waals surface area (Å²) in [5, 5.41) is 3.28. The van der Waals surface area contributed by atoms with Gasteiger partial charge in [-0.15, -0.1) is 0 Å². The van der Waals surface area contributed by atoms with Gasteiger partial charge in [0.15, 0.2) is 0 Å². The minimum Gasteiger partial charge on any atom is -0.462 e. The van der Waals surface area contributed by atoms with Gasteiger partial charge in [-0.3, -0.25) is 0 Å². The average molecular weight is 357 g/mol. The summed E-state index contributed by atoms with van der Waals surface area (Å²) in [5.74, 6) is 1.75. The highest BCUT2D eigenvalue weighted by molar-refractivity contribution is 14.1. The summed E-state index contributed by atoms with van der Waals surface area (Å²) in [7, 11) is 3.60. The summed E-state index contributed by atoms with van der Waals surface area (Å²) < 4.78 is 12.1. The number of rotatable bonds is 5. The van der Waals surface area contributed by atoms with Crippen LogP contribution in [0.25, 0.3) is 0 Å². The van der Waals surface area contributed by atoms with E-state index in [2.05, 4.69) is 52.2 Å². The number of benzene rings is 1. The molecule has 1 aromatic heterocycles. The molecule has 1 heterocycles. The third kappa shape index (κ3) is 3.13. The molecule has 4 heteroatoms. The third-order valence-corrected chi connectivity index (χ3v) is 3.40. The number of ether oxygens (including phenoxy) is 1. The van der Waals surface area contributed by atoms with E-state index in [-0.39, 0.29) is 6.04 Å². The molecule has 0 aliphatic heterocycles. The van der Waals surface area contributed by atoms with E-state index in [4.69, 9.17) is 9.15 Å². The number of furan rings is 1. The molecule has 18 heavy (non-hydrogen) atoms. The zero-order chi connectivity index (χ0) is 13.0. The minimum absolute atomic E-state index is 0.0744. The molecule has 0 bridgehead atoms. The van der Waals surface area contributed by atoms with Gasteiger partial charge in [0.1, 0.15) is 18.1 Å². The van der Waals surface area contributed by atoms with Crippen molar-refractivity contribution in [2.45, 2.75) is 12.6 Å². The van der Waals surface area contributed by atoms with Crippen LogP contribution >= 0.6 is 22.6 Å². The van der Waals surface area contributed by atoms with Crippen molar-refractivity contribution in [3.05, 3.63) is 57.1 Å². The highest BCUT2D eigenvalue weighted by Gasteiger charge is 2.16. The highest BCUT2D eigenvalue weighted by atomic mass is 127. The lowest BCUT2D eigenvalue weighted by Crippen LogP contribution is -2.17. The number of hydrogen-bond acceptors (Lipinski definition) is 3. The van der Waals surface area contributed by atoms with Gasteiger partial charge in [-0.2, -0.15) is 0 Å². The van der Waals surface area contributed by atoms with Crippen LogP contribution in [0.1, 0.15) is 23.1 Å². The molecule has 0 spiro atoms. The number of hydrogen-bond donors (Lipinski definition) is 1. The fraction of sp³-hybridized carbons (Fsp3) is 0.286. The Bertz CT molecular complexity index is 510. The van der Waals surface area contributed by atoms with Gasteiger partial charge in [0, 0.05) is 10.7 Å². The fourth-order valence-corrected chi connectivity index (χ4v) is 2.50. The molecular weight excluding hydrogens is 341 g/mol. The van der Waals surface area contributed by atoms with Crippen LogP contribution in [-0.4, -0.2) is 14.2 Å². The number of methoxy groups -OCH3 is 1. The lowest BCUT2D eigenvalue weighted by Gasteiger charge is -2.14. The molecule has 0 fully saturated rings. The van der Waals surface area contributed by atoms with Crippen molar-refractivity contribution in [3.63, 3.8) is 0 Å². The van der Waals surface area contributed by atoms with Gasteiger partial charge in [0.2, 0.25) is 0 Å². The molecule has 1 N–H and O–H groups in total. The second-order valence-electron chi connectivity index (χ2n) is 4.01. The molecule has 2 aromatic rings. The van der Waals surface area contributed by atoms with Crippen molar-refractivity contribution >= 4 is 22.6 Å². The lowest BCUT2D eigenvalue weighted by molar-refractivity contribution is 0.162. The van der Waals surface area contributed by atoms with Gasteiger partial charge < -0.3 is 14.5 Å². The molecule has 1 aromatic carbocycles. The molecule has 96 valence electrons. The van der Waals surface area contributed by atoms with Crippen molar-refractivity contribution in [1.29, 1.82) is 0 Å². The van der Waals surface area contributed by atoms with Crippen molar-refractivity contribution in [2.24, 2.45) is 0 Å². The van der Waals surface area contributed by atoms with E-state index in [9.17, 15) is 0 Å². The maximum atomic E-state index is 5.78. The third-order valence-electron chi connectivity index (χ3n) is 2.72. The van der Waals surface area contributed by atoms with E-state index < -0.39 is 0 Å². The van der Waals surface area contributed by atoms with Crippen LogP contribution in [0.2, 0.25) is 0 Å². The van der Waals surface area contributed by atoms with E-state index in [0.29, 0.717) is 6.61 Å². The van der Waals surface area contributed by atoms with Crippen molar-refractivity contribution < 1.29 is 9.15 Å². The van der Waals surface area contributed by atoms with Crippen LogP contribution in [0.4, 0.5) is 0 Å². The Labute approximate surface area is 121 Å². The minimum atomic E-state index is 0.0744. The van der Waals surface area contributed by atoms with Crippen molar-refractivity contribution in [3.8, 4) is 0 Å². The summed E-state index contributed by atoms with van der Waals surface area (Å²) in [4.78, 5) is 0. The molecule has 0 amide bonds. The quantitative estimate of drug-likeness (QED) is 0.834. The molecule has 0 saturated heterocycles. The van der Waals surface area contributed by atoms with Crippen molar-refractivity contribution in [1.82, 2.24) is 5.32 Å². The van der Waals surface area contributed by atoms with E-state index in [0.717, 1.165) is 11.5 Å². The van der Waals surface area contributed by atoms with Gasteiger partial charge >= 0.3 is 0 Å². The number of nitrogens with one attached hydrogen (secondary N) is 1. The first-order chi connectivity index (χ1) is 8.74. The van der Waals surface area contributed by atoms with Gasteiger partial charge in [-0.25, -0.2) is 0 Å². The summed E-state index contributed by atoms with van der Waals surface area (Å²) >= 11 is 2.31. The molecule has 0 aliphatic rings. The molecular formula is C14H16INO2. The maximum Gasteiger partial charge on any atom is 0.129 e. The van der Waals surface area contributed by atoms with Crippen LogP contribution < -0.4 is 5.32 Å². The second kappa shape index (κ2) is 6.36. The molecule has 0 saturated carbocycles. The van der Waals surface area contributed by atoms with Crippen LogP contribution in [0, 0.1) is 3.57 Å². The molecule has 0 aliphatic carbocycles. The zero-order valence-corrected chi connectivity index (χ0v) is 12.6. The molecule has 0 radical (unpaired) electrons. The average Bonchev–Trinajstić information content (AvgIpc) is 2.79. The SMILES string of the molecule is CNC(c1cccc(I)c1)c1ccc(COC)o1. The molecule has 1 atom stereocenters. The van der Waals surface area contributed by atoms with Crippen LogP contribution in [0.5, 0.6) is 0 Å². The highest BCUT2D eigenvalue weighted by Crippen LogP contribution is 2.25. The number of halogens is 1. The second-order valence-corrected chi connectivity index (χ2v) is 5.26. The Morgan fingerprint density at radius 3 is 2.83 bits per heavy atom. The maximum absolute atomic E-state index is 5.78. The Morgan fingerprint density at radius 2 is 2.17 bits per heavy atom. The van der Waals surface area contributed by atoms with E-state index in [1.165, 1.54) is 9.13 Å². The van der Waals surface area contributed by atoms with E-state index in [1.54, 1.807) is 7.11 Å². The van der Waals surface area contributed by atoms with Crippen LogP contribution in [0.15, 0.2) is 40.8 Å². The fourth-order valence-electron chi connectivity index (χ4n) is 1.93. The topological polar surface area (TPSA) is 34.4 Å². The molecule has 3 nitrogen and oxygen atoms in total. The first-order valence-corrected chi connectivity index (χ1v) is 6.82. The summed E-state index contributed by atoms with van der Waals surface area (Å²) in [5.41, 5.74) is 1.20. The largest absolute Gasteiger partial charge is 0.462 e. The predicted molar refractivity (Wildman–Crippen MR) is 79.5 cm³/mol. The molecule has 1 unspecified atom stereocenters. The Hall–Kier alpha value is -0.850. The smallest absolute Gasteiger partial charge is 0.129 e. The monoisotopic (exact) mass is 357 g/mol. The van der Waals surface area contributed by atoms with Gasteiger partial charge in [-0.05, 0) is 59.5 Å². The predicted octanol–water partition coefficient (Wildman–Crippen LogP) is 3.34. The first kappa shape index (κ1) is 13.6. The Kier molecular flexibility index (Phi) is 4.79. The van der Waals surface area contributed by atoms with Gasteiger partial charge in [-0.1, -0.05) is 12.1 Å². The summed E-state index contributed by atoms with van der Waals surface area (Å²) in [6.45, 7) is 0.503. The van der Waals surface area contributed by atoms with Gasteiger partial charge in [0.05, 0.1) is 6.04 Å². The summed E-state index contributed by atoms with van der Waals surface area (Å²) in [6.07, 6.45) is 0.